The Labute approximate surface area is 145 Å². The number of anilines is 1. The molecule has 2 aromatic heterocycles. The summed E-state index contributed by atoms with van der Waals surface area (Å²) in [6, 6.07) is 11.8. The topological polar surface area (TPSA) is 56.8 Å². The number of H-pyrrole nitrogens is 1. The molecule has 2 N–H and O–H groups in total. The molecule has 122 valence electrons. The normalized spacial score (nSPS) is 14.9. The molecule has 1 fully saturated rings. The van der Waals surface area contributed by atoms with E-state index >= 15 is 0 Å². The summed E-state index contributed by atoms with van der Waals surface area (Å²) in [7, 11) is 0. The number of rotatable bonds is 4. The molecule has 6 heteroatoms. The molecule has 0 spiro atoms. The van der Waals surface area contributed by atoms with E-state index in [0.717, 1.165) is 46.3 Å². The highest BCUT2D eigenvalue weighted by atomic mass is 35.5. The average molecular weight is 340 g/mol. The van der Waals surface area contributed by atoms with Crippen molar-refractivity contribution in [3.63, 3.8) is 0 Å². The van der Waals surface area contributed by atoms with Gasteiger partial charge in [-0.3, -0.25) is 10.1 Å². The molecule has 4 rings (SSSR count). The Morgan fingerprint density at radius 1 is 0.958 bits per heavy atom. The summed E-state index contributed by atoms with van der Waals surface area (Å²) >= 11 is 6.02. The molecule has 1 saturated heterocycles. The van der Waals surface area contributed by atoms with Crippen LogP contribution in [0, 0.1) is 0 Å². The molecule has 24 heavy (non-hydrogen) atoms. The van der Waals surface area contributed by atoms with Gasteiger partial charge in [-0.05, 0) is 42.7 Å². The molecule has 0 aliphatic carbocycles. The number of nitrogens with zero attached hydrogens (tertiary/aromatic N) is 3. The van der Waals surface area contributed by atoms with Crippen LogP contribution in [0.3, 0.4) is 0 Å². The van der Waals surface area contributed by atoms with Crippen molar-refractivity contribution in [1.29, 1.82) is 0 Å². The van der Waals surface area contributed by atoms with E-state index in [1.54, 1.807) is 12.4 Å². The maximum Gasteiger partial charge on any atom is 0.170 e. The van der Waals surface area contributed by atoms with E-state index in [2.05, 4.69) is 25.6 Å². The van der Waals surface area contributed by atoms with E-state index in [9.17, 15) is 0 Å². The zero-order valence-corrected chi connectivity index (χ0v) is 13.9. The number of aromatic amines is 1. The van der Waals surface area contributed by atoms with Gasteiger partial charge in [-0.2, -0.15) is 5.10 Å². The zero-order valence-electron chi connectivity index (χ0n) is 13.2. The van der Waals surface area contributed by atoms with Crippen molar-refractivity contribution in [2.75, 3.05) is 18.5 Å². The van der Waals surface area contributed by atoms with Crippen LogP contribution in [-0.2, 0) is 0 Å². The predicted octanol–water partition coefficient (Wildman–Crippen LogP) is 4.21. The highest BCUT2D eigenvalue weighted by molar-refractivity contribution is 6.30. The van der Waals surface area contributed by atoms with E-state index < -0.39 is 0 Å². The van der Waals surface area contributed by atoms with E-state index in [1.165, 1.54) is 12.8 Å². The zero-order chi connectivity index (χ0) is 16.4. The van der Waals surface area contributed by atoms with Crippen LogP contribution in [-0.4, -0.2) is 33.3 Å². The Bertz CT molecular complexity index is 807. The summed E-state index contributed by atoms with van der Waals surface area (Å²) in [4.78, 5) is 4.12. The van der Waals surface area contributed by atoms with Crippen LogP contribution in [0.1, 0.15) is 12.8 Å². The van der Waals surface area contributed by atoms with Crippen LogP contribution in [0.25, 0.3) is 22.4 Å². The van der Waals surface area contributed by atoms with Crippen molar-refractivity contribution in [3.8, 4) is 22.4 Å². The first kappa shape index (κ1) is 15.2. The van der Waals surface area contributed by atoms with E-state index in [0.29, 0.717) is 0 Å². The highest BCUT2D eigenvalue weighted by Crippen LogP contribution is 2.36. The first-order valence-corrected chi connectivity index (χ1v) is 8.45. The first-order chi connectivity index (χ1) is 11.8. The van der Waals surface area contributed by atoms with Crippen LogP contribution in [0.5, 0.6) is 0 Å². The molecule has 0 amide bonds. The SMILES string of the molecule is Clc1ccc(-c2[nH]nc(NN3CCCC3)c2-c2ccncc2)cc1. The number of halogens is 1. The van der Waals surface area contributed by atoms with Gasteiger partial charge in [-0.15, -0.1) is 0 Å². The molecular formula is C18H18ClN5. The largest absolute Gasteiger partial charge is 0.301 e. The summed E-state index contributed by atoms with van der Waals surface area (Å²) in [6.45, 7) is 2.08. The van der Waals surface area contributed by atoms with Gasteiger partial charge in [0, 0.05) is 36.1 Å². The van der Waals surface area contributed by atoms with Gasteiger partial charge in [0.15, 0.2) is 5.82 Å². The third-order valence-corrected chi connectivity index (χ3v) is 4.49. The lowest BCUT2D eigenvalue weighted by atomic mass is 10.0. The Morgan fingerprint density at radius 3 is 2.38 bits per heavy atom. The summed E-state index contributed by atoms with van der Waals surface area (Å²) < 4.78 is 0. The van der Waals surface area contributed by atoms with Crippen molar-refractivity contribution >= 4 is 17.4 Å². The van der Waals surface area contributed by atoms with Gasteiger partial charge in [-0.25, -0.2) is 5.01 Å². The number of hydrogen-bond acceptors (Lipinski definition) is 4. The van der Waals surface area contributed by atoms with Crippen LogP contribution < -0.4 is 5.43 Å². The molecule has 5 nitrogen and oxygen atoms in total. The summed E-state index contributed by atoms with van der Waals surface area (Å²) in [5.74, 6) is 0.841. The van der Waals surface area contributed by atoms with Crippen LogP contribution in [0.4, 0.5) is 5.82 Å². The highest BCUT2D eigenvalue weighted by Gasteiger charge is 2.20. The maximum absolute atomic E-state index is 6.02. The molecule has 0 saturated carbocycles. The molecule has 1 aliphatic rings. The lowest BCUT2D eigenvalue weighted by Gasteiger charge is -2.17. The third-order valence-electron chi connectivity index (χ3n) is 4.24. The van der Waals surface area contributed by atoms with Gasteiger partial charge >= 0.3 is 0 Å². The van der Waals surface area contributed by atoms with Crippen molar-refractivity contribution in [2.45, 2.75) is 12.8 Å². The van der Waals surface area contributed by atoms with Crippen molar-refractivity contribution < 1.29 is 0 Å². The summed E-state index contributed by atoms with van der Waals surface area (Å²) in [5, 5.41) is 10.6. The van der Waals surface area contributed by atoms with Crippen LogP contribution >= 0.6 is 11.6 Å². The fourth-order valence-electron chi connectivity index (χ4n) is 3.03. The molecule has 0 radical (unpaired) electrons. The standard InChI is InChI=1S/C18H18ClN5/c19-15-5-3-14(4-6-15)17-16(13-7-9-20-10-8-13)18(22-21-17)23-24-11-1-2-12-24/h3-10H,1-2,11-12H2,(H2,21,22,23). The molecule has 1 aromatic carbocycles. The van der Waals surface area contributed by atoms with Crippen LogP contribution in [0.15, 0.2) is 48.8 Å². The Kier molecular flexibility index (Phi) is 4.19. The molecule has 1 aliphatic heterocycles. The third kappa shape index (κ3) is 3.00. The Balaban J connectivity index is 1.78. The quantitative estimate of drug-likeness (QED) is 0.747. The summed E-state index contributed by atoms with van der Waals surface area (Å²) in [6.07, 6.45) is 6.03. The second kappa shape index (κ2) is 6.63. The monoisotopic (exact) mass is 339 g/mol. The minimum absolute atomic E-state index is 0.721. The van der Waals surface area contributed by atoms with Gasteiger partial charge in [0.25, 0.3) is 0 Å². The van der Waals surface area contributed by atoms with E-state index in [-0.39, 0.29) is 0 Å². The molecule has 3 aromatic rings. The lowest BCUT2D eigenvalue weighted by molar-refractivity contribution is 0.408. The van der Waals surface area contributed by atoms with Gasteiger partial charge in [-0.1, -0.05) is 23.7 Å². The molecule has 0 atom stereocenters. The fourth-order valence-corrected chi connectivity index (χ4v) is 3.15. The molecule has 3 heterocycles. The Hall–Kier alpha value is -2.37. The molecular weight excluding hydrogens is 322 g/mol. The minimum Gasteiger partial charge on any atom is -0.301 e. The number of benzene rings is 1. The number of hydrogen-bond donors (Lipinski definition) is 2. The number of nitrogens with one attached hydrogen (secondary N) is 2. The van der Waals surface area contributed by atoms with E-state index in [1.807, 2.05) is 36.4 Å². The van der Waals surface area contributed by atoms with E-state index in [4.69, 9.17) is 11.6 Å². The minimum atomic E-state index is 0.721. The number of hydrazine groups is 1. The van der Waals surface area contributed by atoms with Crippen molar-refractivity contribution in [2.24, 2.45) is 0 Å². The second-order valence-electron chi connectivity index (χ2n) is 5.87. The van der Waals surface area contributed by atoms with Crippen molar-refractivity contribution in [1.82, 2.24) is 20.2 Å². The smallest absolute Gasteiger partial charge is 0.170 e. The number of pyridine rings is 1. The van der Waals surface area contributed by atoms with Gasteiger partial charge in [0.1, 0.15) is 0 Å². The van der Waals surface area contributed by atoms with Gasteiger partial charge < -0.3 is 5.43 Å². The Morgan fingerprint density at radius 2 is 1.67 bits per heavy atom. The number of aromatic nitrogens is 3. The van der Waals surface area contributed by atoms with Gasteiger partial charge in [0.05, 0.1) is 11.3 Å². The van der Waals surface area contributed by atoms with Gasteiger partial charge in [0.2, 0.25) is 0 Å². The molecule has 0 unspecified atom stereocenters. The van der Waals surface area contributed by atoms with Crippen molar-refractivity contribution in [3.05, 3.63) is 53.8 Å². The van der Waals surface area contributed by atoms with Crippen LogP contribution in [0.2, 0.25) is 5.02 Å². The fraction of sp³-hybridized carbons (Fsp3) is 0.222. The molecule has 0 bridgehead atoms. The lowest BCUT2D eigenvalue weighted by Crippen LogP contribution is -2.26. The summed E-state index contributed by atoms with van der Waals surface area (Å²) in [5.41, 5.74) is 7.60. The first-order valence-electron chi connectivity index (χ1n) is 8.07. The predicted molar refractivity (Wildman–Crippen MR) is 96.7 cm³/mol. The maximum atomic E-state index is 6.02. The second-order valence-corrected chi connectivity index (χ2v) is 6.31. The average Bonchev–Trinajstić information content (AvgIpc) is 3.27.